The van der Waals surface area contributed by atoms with E-state index in [-0.39, 0.29) is 5.56 Å². The van der Waals surface area contributed by atoms with Crippen molar-refractivity contribution in [1.82, 2.24) is 4.57 Å². The van der Waals surface area contributed by atoms with Gasteiger partial charge in [0.15, 0.2) is 0 Å². The maximum atomic E-state index is 12.0. The van der Waals surface area contributed by atoms with Crippen LogP contribution in [0.1, 0.15) is 34.2 Å². The van der Waals surface area contributed by atoms with Crippen molar-refractivity contribution in [2.24, 2.45) is 7.05 Å². The molecule has 16 heavy (non-hydrogen) atoms. The highest BCUT2D eigenvalue weighted by Gasteiger charge is 2.20. The second-order valence-corrected chi connectivity index (χ2v) is 3.89. The van der Waals surface area contributed by atoms with Crippen LogP contribution in [-0.2, 0) is 7.05 Å². The molecule has 0 amide bonds. The van der Waals surface area contributed by atoms with Gasteiger partial charge in [0.1, 0.15) is 5.56 Å². The molecule has 1 aromatic rings. The highest BCUT2D eigenvalue weighted by Crippen LogP contribution is 2.16. The van der Waals surface area contributed by atoms with Crippen molar-refractivity contribution in [2.45, 2.75) is 20.8 Å². The van der Waals surface area contributed by atoms with Crippen molar-refractivity contribution in [3.63, 3.8) is 0 Å². The molecule has 1 rings (SSSR count). The molecule has 86 valence electrons. The summed E-state index contributed by atoms with van der Waals surface area (Å²) in [6.45, 7) is 8.82. The predicted molar refractivity (Wildman–Crippen MR) is 62.8 cm³/mol. The van der Waals surface area contributed by atoms with E-state index in [2.05, 4.69) is 6.58 Å². The summed E-state index contributed by atoms with van der Waals surface area (Å²) < 4.78 is 1.70. The summed E-state index contributed by atoms with van der Waals surface area (Å²) in [6.07, 6.45) is 0. The van der Waals surface area contributed by atoms with Crippen molar-refractivity contribution >= 4 is 11.5 Å². The molecule has 0 saturated carbocycles. The van der Waals surface area contributed by atoms with Crippen molar-refractivity contribution in [1.29, 1.82) is 0 Å². The van der Waals surface area contributed by atoms with Crippen LogP contribution in [0.2, 0.25) is 0 Å². The topological polar surface area (TPSA) is 59.3 Å². The number of carboxylic acid groups (broad SMARTS) is 1. The second kappa shape index (κ2) is 3.96. The molecule has 0 radical (unpaired) electrons. The van der Waals surface area contributed by atoms with E-state index in [9.17, 15) is 9.59 Å². The third kappa shape index (κ3) is 1.66. The maximum Gasteiger partial charge on any atom is 0.341 e. The molecular formula is C12H15NO3. The van der Waals surface area contributed by atoms with E-state index in [4.69, 9.17) is 5.11 Å². The molecule has 0 fully saturated rings. The number of aromatic carboxylic acids is 1. The molecule has 1 heterocycles. The fourth-order valence-corrected chi connectivity index (χ4v) is 1.80. The monoisotopic (exact) mass is 221 g/mol. The average Bonchev–Trinajstić information content (AvgIpc) is 2.13. The van der Waals surface area contributed by atoms with Gasteiger partial charge in [-0.05, 0) is 26.3 Å². The number of carboxylic acids is 1. The largest absolute Gasteiger partial charge is 0.477 e. The van der Waals surface area contributed by atoms with Gasteiger partial charge < -0.3 is 9.67 Å². The molecule has 4 nitrogen and oxygen atoms in total. The van der Waals surface area contributed by atoms with Gasteiger partial charge >= 0.3 is 5.97 Å². The van der Waals surface area contributed by atoms with E-state index in [0.29, 0.717) is 16.8 Å². The maximum absolute atomic E-state index is 12.0. The molecule has 0 aliphatic rings. The Morgan fingerprint density at radius 3 is 2.06 bits per heavy atom. The van der Waals surface area contributed by atoms with Gasteiger partial charge in [0, 0.05) is 24.0 Å². The van der Waals surface area contributed by atoms with Crippen LogP contribution in [0.3, 0.4) is 0 Å². The van der Waals surface area contributed by atoms with Gasteiger partial charge in [-0.2, -0.15) is 0 Å². The van der Waals surface area contributed by atoms with E-state index in [1.54, 1.807) is 32.4 Å². The molecule has 0 saturated heterocycles. The summed E-state index contributed by atoms with van der Waals surface area (Å²) >= 11 is 0. The lowest BCUT2D eigenvalue weighted by Crippen LogP contribution is -2.25. The average molecular weight is 221 g/mol. The minimum Gasteiger partial charge on any atom is -0.477 e. The van der Waals surface area contributed by atoms with Crippen LogP contribution in [0, 0.1) is 13.8 Å². The summed E-state index contributed by atoms with van der Waals surface area (Å²) in [7, 11) is 1.74. The Hall–Kier alpha value is -1.84. The van der Waals surface area contributed by atoms with E-state index in [0.717, 1.165) is 5.69 Å². The fraction of sp³-hybridized carbons (Fsp3) is 0.333. The number of allylic oxidation sites excluding steroid dienone is 1. The molecule has 0 unspecified atom stereocenters. The molecule has 1 aromatic heterocycles. The summed E-state index contributed by atoms with van der Waals surface area (Å²) in [5.41, 5.74) is 1.55. The summed E-state index contributed by atoms with van der Waals surface area (Å²) in [5.74, 6) is -1.19. The van der Waals surface area contributed by atoms with Gasteiger partial charge in [-0.3, -0.25) is 4.79 Å². The lowest BCUT2D eigenvalue weighted by atomic mass is 10.0. The first kappa shape index (κ1) is 12.2. The van der Waals surface area contributed by atoms with Crippen LogP contribution >= 0.6 is 0 Å². The number of hydrogen-bond acceptors (Lipinski definition) is 2. The highest BCUT2D eigenvalue weighted by atomic mass is 16.4. The Labute approximate surface area is 93.8 Å². The molecule has 0 aliphatic heterocycles. The van der Waals surface area contributed by atoms with Crippen LogP contribution in [0.5, 0.6) is 0 Å². The number of rotatable bonds is 2. The first-order chi connectivity index (χ1) is 7.29. The molecule has 0 aliphatic carbocycles. The quantitative estimate of drug-likeness (QED) is 0.827. The third-order valence-corrected chi connectivity index (χ3v) is 2.82. The minimum atomic E-state index is -1.19. The van der Waals surface area contributed by atoms with Crippen molar-refractivity contribution in [2.75, 3.05) is 0 Å². The highest BCUT2D eigenvalue weighted by molar-refractivity contribution is 5.90. The van der Waals surface area contributed by atoms with Crippen molar-refractivity contribution in [3.8, 4) is 0 Å². The third-order valence-electron chi connectivity index (χ3n) is 2.82. The van der Waals surface area contributed by atoms with Gasteiger partial charge in [0.2, 0.25) is 5.43 Å². The Balaban J connectivity index is 3.88. The van der Waals surface area contributed by atoms with Crippen LogP contribution < -0.4 is 5.43 Å². The van der Waals surface area contributed by atoms with Crippen LogP contribution in [-0.4, -0.2) is 15.6 Å². The van der Waals surface area contributed by atoms with E-state index < -0.39 is 11.4 Å². The Kier molecular flexibility index (Phi) is 3.03. The molecular weight excluding hydrogens is 206 g/mol. The molecule has 0 spiro atoms. The molecule has 4 heteroatoms. The zero-order valence-electron chi connectivity index (χ0n) is 9.92. The Morgan fingerprint density at radius 1 is 1.25 bits per heavy atom. The van der Waals surface area contributed by atoms with Gasteiger partial charge in [0.25, 0.3) is 0 Å². The van der Waals surface area contributed by atoms with Gasteiger partial charge in [0.05, 0.1) is 0 Å². The lowest BCUT2D eigenvalue weighted by molar-refractivity contribution is 0.0693. The smallest absolute Gasteiger partial charge is 0.341 e. The van der Waals surface area contributed by atoms with Gasteiger partial charge in [-0.1, -0.05) is 6.58 Å². The predicted octanol–water partition coefficient (Wildman–Crippen LogP) is 1.73. The normalized spacial score (nSPS) is 10.2. The second-order valence-electron chi connectivity index (χ2n) is 3.89. The van der Waals surface area contributed by atoms with Crippen LogP contribution in [0.4, 0.5) is 0 Å². The summed E-state index contributed by atoms with van der Waals surface area (Å²) in [6, 6.07) is 0. The number of aromatic nitrogens is 1. The molecule has 0 atom stereocenters. The standard InChI is InChI=1S/C12H15NO3/c1-6(2)9-7(3)13(5)8(4)10(11(9)14)12(15)16/h1H2,2-5H3,(H,15,16). The zero-order valence-corrected chi connectivity index (χ0v) is 9.92. The van der Waals surface area contributed by atoms with Gasteiger partial charge in [-0.15, -0.1) is 0 Å². The number of pyridine rings is 1. The Bertz CT molecular complexity index is 494. The molecule has 1 N–H and O–H groups in total. The van der Waals surface area contributed by atoms with E-state index >= 15 is 0 Å². The SMILES string of the molecule is C=C(C)c1c(C)n(C)c(C)c(C(=O)O)c1=O. The van der Waals surface area contributed by atoms with E-state index in [1.807, 2.05) is 0 Å². The number of hydrogen-bond donors (Lipinski definition) is 1. The number of nitrogens with zero attached hydrogens (tertiary/aromatic N) is 1. The van der Waals surface area contributed by atoms with Crippen molar-refractivity contribution < 1.29 is 9.90 Å². The molecule has 0 bridgehead atoms. The first-order valence-corrected chi connectivity index (χ1v) is 4.88. The molecule has 0 aromatic carbocycles. The summed E-state index contributed by atoms with van der Waals surface area (Å²) in [5, 5.41) is 9.03. The zero-order chi connectivity index (χ0) is 12.6. The number of carbonyl (C=O) groups is 1. The Morgan fingerprint density at radius 2 is 1.69 bits per heavy atom. The van der Waals surface area contributed by atoms with Gasteiger partial charge in [-0.25, -0.2) is 4.79 Å². The van der Waals surface area contributed by atoms with Crippen molar-refractivity contribution in [3.05, 3.63) is 39.3 Å². The minimum absolute atomic E-state index is 0.175. The van der Waals surface area contributed by atoms with E-state index in [1.165, 1.54) is 0 Å². The lowest BCUT2D eigenvalue weighted by Gasteiger charge is -2.15. The first-order valence-electron chi connectivity index (χ1n) is 4.88. The van der Waals surface area contributed by atoms with Crippen LogP contribution in [0.25, 0.3) is 5.57 Å². The van der Waals surface area contributed by atoms with Crippen LogP contribution in [0.15, 0.2) is 11.4 Å². The fourth-order valence-electron chi connectivity index (χ4n) is 1.80. The summed E-state index contributed by atoms with van der Waals surface area (Å²) in [4.78, 5) is 23.0.